The fraction of sp³-hybridized carbons (Fsp3) is 0.450. The van der Waals surface area contributed by atoms with Crippen LogP contribution in [0.2, 0.25) is 5.02 Å². The van der Waals surface area contributed by atoms with E-state index in [-0.39, 0.29) is 39.9 Å². The van der Waals surface area contributed by atoms with E-state index in [4.69, 9.17) is 11.6 Å². The van der Waals surface area contributed by atoms with Crippen LogP contribution in [0.3, 0.4) is 0 Å². The maximum atomic E-state index is 11.8. The lowest BCUT2D eigenvalue weighted by Crippen LogP contribution is -2.01. The van der Waals surface area contributed by atoms with E-state index in [2.05, 4.69) is 0 Å². The molecule has 0 aliphatic rings. The van der Waals surface area contributed by atoms with Gasteiger partial charge in [-0.15, -0.1) is 0 Å². The Morgan fingerprint density at radius 1 is 1.16 bits per heavy atom. The van der Waals surface area contributed by atoms with Gasteiger partial charge in [0.15, 0.2) is 5.78 Å². The quantitative estimate of drug-likeness (QED) is 0.475. The van der Waals surface area contributed by atoms with Gasteiger partial charge < -0.3 is 15.3 Å². The molecule has 1 atom stereocenters. The zero-order valence-electron chi connectivity index (χ0n) is 15.5. The topological polar surface area (TPSA) is 77.8 Å². The highest BCUT2D eigenvalue weighted by atomic mass is 35.5. The molecular formula is C20H27ClO4. The molecule has 0 aromatic heterocycles. The predicted molar refractivity (Wildman–Crippen MR) is 102 cm³/mol. The van der Waals surface area contributed by atoms with Crippen LogP contribution in [-0.4, -0.2) is 27.2 Å². The summed E-state index contributed by atoms with van der Waals surface area (Å²) in [6, 6.07) is 0. The highest BCUT2D eigenvalue weighted by Gasteiger charge is 2.22. The molecule has 0 heterocycles. The van der Waals surface area contributed by atoms with Crippen molar-refractivity contribution in [2.45, 2.75) is 60.0 Å². The molecule has 0 saturated heterocycles. The average Bonchev–Trinajstić information content (AvgIpc) is 2.52. The molecule has 0 aliphatic heterocycles. The molecule has 4 nitrogen and oxygen atoms in total. The molecule has 3 N–H and O–H groups in total. The molecular weight excluding hydrogens is 340 g/mol. The van der Waals surface area contributed by atoms with Crippen molar-refractivity contribution in [2.24, 2.45) is 0 Å². The van der Waals surface area contributed by atoms with Crippen molar-refractivity contribution in [3.05, 3.63) is 45.0 Å². The van der Waals surface area contributed by atoms with Crippen LogP contribution in [0.1, 0.15) is 62.0 Å². The number of allylic oxidation sites excluding steroid dienone is 3. The van der Waals surface area contributed by atoms with E-state index in [0.29, 0.717) is 5.56 Å². The molecule has 5 heteroatoms. The number of aliphatic hydroxyl groups is 1. The van der Waals surface area contributed by atoms with Gasteiger partial charge in [-0.05, 0) is 65.0 Å². The van der Waals surface area contributed by atoms with Gasteiger partial charge in [-0.3, -0.25) is 4.79 Å². The molecule has 0 fully saturated rings. The smallest absolute Gasteiger partial charge is 0.163 e. The fourth-order valence-electron chi connectivity index (χ4n) is 2.56. The van der Waals surface area contributed by atoms with Gasteiger partial charge in [-0.2, -0.15) is 0 Å². The molecule has 0 saturated carbocycles. The monoisotopic (exact) mass is 366 g/mol. The normalized spacial score (nSPS) is 13.9. The van der Waals surface area contributed by atoms with E-state index < -0.39 is 6.10 Å². The Bertz CT molecular complexity index is 715. The number of phenols is 2. The Balaban J connectivity index is 3.00. The Morgan fingerprint density at radius 2 is 1.76 bits per heavy atom. The van der Waals surface area contributed by atoms with E-state index in [1.54, 1.807) is 13.8 Å². The number of rotatable bonds is 7. The molecule has 0 aliphatic carbocycles. The van der Waals surface area contributed by atoms with E-state index in [1.807, 2.05) is 26.0 Å². The summed E-state index contributed by atoms with van der Waals surface area (Å²) in [5.74, 6) is -0.686. The number of benzene rings is 1. The number of phenolic OH excluding ortho intramolecular Hbond substituents is 2. The molecule has 0 amide bonds. The molecule has 1 unspecified atom stereocenters. The average molecular weight is 367 g/mol. The van der Waals surface area contributed by atoms with E-state index >= 15 is 0 Å². The van der Waals surface area contributed by atoms with Crippen molar-refractivity contribution in [1.82, 2.24) is 0 Å². The first-order chi connectivity index (χ1) is 11.6. The summed E-state index contributed by atoms with van der Waals surface area (Å²) >= 11 is 6.10. The minimum absolute atomic E-state index is 0.0968. The van der Waals surface area contributed by atoms with Gasteiger partial charge in [0.05, 0.1) is 16.7 Å². The first-order valence-electron chi connectivity index (χ1n) is 8.32. The van der Waals surface area contributed by atoms with Crippen LogP contribution >= 0.6 is 11.6 Å². The molecule has 1 aromatic rings. The third-order valence-electron chi connectivity index (χ3n) is 4.39. The molecule has 1 rings (SSSR count). The first-order valence-corrected chi connectivity index (χ1v) is 8.69. The number of ketones is 1. The number of halogens is 1. The molecule has 0 bridgehead atoms. The SMILES string of the molecule is CC(=O)c1c(C)c(Cl)c(O)c(C/C=C(\C)CC/C=C(\C)C(C)O)c1O. The fourth-order valence-corrected chi connectivity index (χ4v) is 2.77. The van der Waals surface area contributed by atoms with Crippen molar-refractivity contribution >= 4 is 17.4 Å². The van der Waals surface area contributed by atoms with Crippen LogP contribution < -0.4 is 0 Å². The van der Waals surface area contributed by atoms with E-state index in [9.17, 15) is 20.1 Å². The predicted octanol–water partition coefficient (Wildman–Crippen LogP) is 4.86. The Hall–Kier alpha value is -1.78. The van der Waals surface area contributed by atoms with E-state index in [0.717, 1.165) is 24.0 Å². The Kier molecular flexibility index (Phi) is 7.71. The summed E-state index contributed by atoms with van der Waals surface area (Å²) in [5, 5.41) is 30.1. The van der Waals surface area contributed by atoms with Gasteiger partial charge in [0.1, 0.15) is 11.5 Å². The van der Waals surface area contributed by atoms with Gasteiger partial charge in [0.2, 0.25) is 0 Å². The molecule has 0 spiro atoms. The largest absolute Gasteiger partial charge is 0.507 e. The zero-order chi connectivity index (χ0) is 19.3. The van der Waals surface area contributed by atoms with Crippen LogP contribution in [0.25, 0.3) is 0 Å². The van der Waals surface area contributed by atoms with Crippen molar-refractivity contribution < 1.29 is 20.1 Å². The van der Waals surface area contributed by atoms with Crippen LogP contribution in [0, 0.1) is 6.92 Å². The second kappa shape index (κ2) is 9.07. The highest BCUT2D eigenvalue weighted by Crippen LogP contribution is 2.41. The van der Waals surface area contributed by atoms with Gasteiger partial charge in [0.25, 0.3) is 0 Å². The Labute approximate surface area is 154 Å². The lowest BCUT2D eigenvalue weighted by atomic mass is 9.96. The number of hydrogen-bond acceptors (Lipinski definition) is 4. The number of hydrogen-bond donors (Lipinski definition) is 3. The third kappa shape index (κ3) is 5.35. The first kappa shape index (κ1) is 21.3. The number of carbonyl (C=O) groups excluding carboxylic acids is 1. The molecule has 138 valence electrons. The van der Waals surface area contributed by atoms with Crippen LogP contribution in [0.4, 0.5) is 0 Å². The lowest BCUT2D eigenvalue weighted by Gasteiger charge is -2.14. The second-order valence-electron chi connectivity index (χ2n) is 6.46. The molecule has 0 radical (unpaired) electrons. The number of aliphatic hydroxyl groups excluding tert-OH is 1. The number of aromatic hydroxyl groups is 2. The van der Waals surface area contributed by atoms with Crippen molar-refractivity contribution in [3.8, 4) is 11.5 Å². The van der Waals surface area contributed by atoms with Gasteiger partial charge >= 0.3 is 0 Å². The minimum atomic E-state index is -0.446. The van der Waals surface area contributed by atoms with Crippen LogP contribution in [0.5, 0.6) is 11.5 Å². The minimum Gasteiger partial charge on any atom is -0.507 e. The van der Waals surface area contributed by atoms with Crippen molar-refractivity contribution in [2.75, 3.05) is 0 Å². The molecule has 25 heavy (non-hydrogen) atoms. The molecule has 1 aromatic carbocycles. The van der Waals surface area contributed by atoms with Gasteiger partial charge in [0, 0.05) is 5.56 Å². The van der Waals surface area contributed by atoms with Crippen molar-refractivity contribution in [1.29, 1.82) is 0 Å². The summed E-state index contributed by atoms with van der Waals surface area (Å²) in [5.41, 5.74) is 2.80. The van der Waals surface area contributed by atoms with E-state index in [1.165, 1.54) is 6.92 Å². The summed E-state index contributed by atoms with van der Waals surface area (Å²) < 4.78 is 0. The third-order valence-corrected chi connectivity index (χ3v) is 4.85. The summed E-state index contributed by atoms with van der Waals surface area (Å²) in [6.45, 7) is 8.53. The summed E-state index contributed by atoms with van der Waals surface area (Å²) in [7, 11) is 0. The lowest BCUT2D eigenvalue weighted by molar-refractivity contribution is 0.101. The maximum Gasteiger partial charge on any atom is 0.163 e. The van der Waals surface area contributed by atoms with Crippen molar-refractivity contribution in [3.63, 3.8) is 0 Å². The Morgan fingerprint density at radius 3 is 2.28 bits per heavy atom. The van der Waals surface area contributed by atoms with Crippen LogP contribution in [-0.2, 0) is 6.42 Å². The zero-order valence-corrected chi connectivity index (χ0v) is 16.2. The second-order valence-corrected chi connectivity index (χ2v) is 6.84. The number of carbonyl (C=O) groups is 1. The maximum absolute atomic E-state index is 11.8. The summed E-state index contributed by atoms with van der Waals surface area (Å²) in [4.78, 5) is 11.8. The summed E-state index contributed by atoms with van der Waals surface area (Å²) in [6.07, 6.45) is 5.32. The highest BCUT2D eigenvalue weighted by molar-refractivity contribution is 6.33. The standard InChI is InChI=1S/C20H27ClO4/c1-11(7-6-8-12(2)14(4)22)9-10-16-19(24)17(15(5)23)13(3)18(21)20(16)25/h8-9,14,22,24-25H,6-7,10H2,1-5H3/b11-9+,12-8+. The van der Waals surface area contributed by atoms with Gasteiger partial charge in [-0.25, -0.2) is 0 Å². The van der Waals surface area contributed by atoms with Crippen LogP contribution in [0.15, 0.2) is 23.3 Å². The number of Topliss-reactive ketones (excluding diaryl/α,β-unsaturated/α-hetero) is 1. The van der Waals surface area contributed by atoms with Gasteiger partial charge in [-0.1, -0.05) is 29.3 Å².